The minimum Gasteiger partial charge on any atom is -0.478 e. The van der Waals surface area contributed by atoms with Crippen molar-refractivity contribution in [3.8, 4) is 0 Å². The van der Waals surface area contributed by atoms with Crippen LogP contribution in [-0.2, 0) is 0 Å². The first-order valence-corrected chi connectivity index (χ1v) is 5.62. The third kappa shape index (κ3) is 2.79. The van der Waals surface area contributed by atoms with E-state index in [-0.39, 0.29) is 5.56 Å². The molecule has 0 aliphatic rings. The zero-order chi connectivity index (χ0) is 12.3. The van der Waals surface area contributed by atoms with Crippen LogP contribution < -0.4 is 0 Å². The zero-order valence-corrected chi connectivity index (χ0v) is 9.81. The van der Waals surface area contributed by atoms with Gasteiger partial charge in [-0.1, -0.05) is 0 Å². The summed E-state index contributed by atoms with van der Waals surface area (Å²) in [6, 6.07) is 1.46. The van der Waals surface area contributed by atoms with Crippen LogP contribution in [-0.4, -0.2) is 26.0 Å². The van der Waals surface area contributed by atoms with Crippen molar-refractivity contribution >= 4 is 17.7 Å². The largest absolute Gasteiger partial charge is 0.478 e. The number of carboxylic acids is 1. The standard InChI is InChI=1S/C11H9N3O2S/c1-7-4-13-11(14-5-7)17-9-6-12-3-2-8(9)10(15)16/h2-6H,1H3,(H,15,16). The number of aromatic carboxylic acids is 1. The lowest BCUT2D eigenvalue weighted by atomic mass is 10.3. The van der Waals surface area contributed by atoms with Crippen molar-refractivity contribution in [1.82, 2.24) is 15.0 Å². The molecule has 2 rings (SSSR count). The van der Waals surface area contributed by atoms with Gasteiger partial charge in [0.1, 0.15) is 0 Å². The van der Waals surface area contributed by atoms with Crippen molar-refractivity contribution in [2.45, 2.75) is 17.0 Å². The maximum Gasteiger partial charge on any atom is 0.336 e. The lowest BCUT2D eigenvalue weighted by molar-refractivity contribution is 0.0693. The summed E-state index contributed by atoms with van der Waals surface area (Å²) in [6.07, 6.45) is 6.32. The molecule has 0 fully saturated rings. The van der Waals surface area contributed by atoms with Crippen LogP contribution in [0.2, 0.25) is 0 Å². The van der Waals surface area contributed by atoms with E-state index < -0.39 is 5.97 Å². The Balaban J connectivity index is 2.30. The van der Waals surface area contributed by atoms with E-state index in [2.05, 4.69) is 15.0 Å². The minimum atomic E-state index is -0.984. The molecule has 0 aromatic carbocycles. The van der Waals surface area contributed by atoms with Crippen molar-refractivity contribution in [3.05, 3.63) is 42.0 Å². The van der Waals surface area contributed by atoms with Gasteiger partial charge in [0.25, 0.3) is 0 Å². The SMILES string of the molecule is Cc1cnc(Sc2cnccc2C(=O)O)nc1. The molecule has 0 aliphatic heterocycles. The highest BCUT2D eigenvalue weighted by molar-refractivity contribution is 7.99. The monoisotopic (exact) mass is 247 g/mol. The van der Waals surface area contributed by atoms with E-state index in [1.807, 2.05) is 6.92 Å². The summed E-state index contributed by atoms with van der Waals surface area (Å²) in [5.41, 5.74) is 1.16. The van der Waals surface area contributed by atoms with Gasteiger partial charge in [-0.15, -0.1) is 0 Å². The Morgan fingerprint density at radius 2 is 2.00 bits per heavy atom. The quantitative estimate of drug-likeness (QED) is 0.836. The average Bonchev–Trinajstić information content (AvgIpc) is 2.32. The maximum atomic E-state index is 11.0. The van der Waals surface area contributed by atoms with Crippen LogP contribution in [0.25, 0.3) is 0 Å². The van der Waals surface area contributed by atoms with Crippen LogP contribution >= 0.6 is 11.8 Å². The lowest BCUT2D eigenvalue weighted by Gasteiger charge is -2.03. The number of hydrogen-bond donors (Lipinski definition) is 1. The molecule has 0 radical (unpaired) electrons. The third-order valence-electron chi connectivity index (χ3n) is 1.97. The van der Waals surface area contributed by atoms with E-state index in [0.717, 1.165) is 5.56 Å². The van der Waals surface area contributed by atoms with Crippen molar-refractivity contribution in [3.63, 3.8) is 0 Å². The molecular weight excluding hydrogens is 238 g/mol. The molecule has 2 heterocycles. The van der Waals surface area contributed by atoms with Gasteiger partial charge in [0.05, 0.1) is 5.56 Å². The smallest absolute Gasteiger partial charge is 0.336 e. The summed E-state index contributed by atoms with van der Waals surface area (Å²) < 4.78 is 0. The molecular formula is C11H9N3O2S. The van der Waals surface area contributed by atoms with Crippen LogP contribution in [0.15, 0.2) is 40.9 Å². The predicted octanol–water partition coefficient (Wildman–Crippen LogP) is 2.03. The van der Waals surface area contributed by atoms with Crippen molar-refractivity contribution in [2.24, 2.45) is 0 Å². The van der Waals surface area contributed by atoms with Gasteiger partial charge >= 0.3 is 5.97 Å². The van der Waals surface area contributed by atoms with E-state index in [1.54, 1.807) is 12.4 Å². The van der Waals surface area contributed by atoms with Gasteiger partial charge in [-0.2, -0.15) is 0 Å². The summed E-state index contributed by atoms with van der Waals surface area (Å²) in [4.78, 5) is 23.6. The van der Waals surface area contributed by atoms with E-state index in [4.69, 9.17) is 5.11 Å². The predicted molar refractivity (Wildman–Crippen MR) is 62.1 cm³/mol. The van der Waals surface area contributed by atoms with E-state index in [1.165, 1.54) is 30.2 Å². The second-order valence-electron chi connectivity index (χ2n) is 3.32. The average molecular weight is 247 g/mol. The molecule has 86 valence electrons. The topological polar surface area (TPSA) is 76.0 Å². The Kier molecular flexibility index (Phi) is 3.34. The second kappa shape index (κ2) is 4.92. The van der Waals surface area contributed by atoms with Crippen molar-refractivity contribution in [2.75, 3.05) is 0 Å². The minimum absolute atomic E-state index is 0.203. The van der Waals surface area contributed by atoms with Crippen LogP contribution in [0.1, 0.15) is 15.9 Å². The number of pyridine rings is 1. The van der Waals surface area contributed by atoms with Crippen LogP contribution in [0.4, 0.5) is 0 Å². The zero-order valence-electron chi connectivity index (χ0n) is 8.99. The lowest BCUT2D eigenvalue weighted by Crippen LogP contribution is -1.99. The van der Waals surface area contributed by atoms with Gasteiger partial charge in [0, 0.05) is 29.7 Å². The fourth-order valence-electron chi connectivity index (χ4n) is 1.17. The van der Waals surface area contributed by atoms with E-state index >= 15 is 0 Å². The van der Waals surface area contributed by atoms with E-state index in [9.17, 15) is 4.79 Å². The molecule has 6 heteroatoms. The molecule has 2 aromatic rings. The van der Waals surface area contributed by atoms with E-state index in [0.29, 0.717) is 10.1 Å². The Morgan fingerprint density at radius 1 is 1.29 bits per heavy atom. The van der Waals surface area contributed by atoms with Crippen LogP contribution in [0, 0.1) is 6.92 Å². The van der Waals surface area contributed by atoms with Crippen LogP contribution in [0.3, 0.4) is 0 Å². The van der Waals surface area contributed by atoms with Gasteiger partial charge in [-0.05, 0) is 30.3 Å². The summed E-state index contributed by atoms with van der Waals surface area (Å²) >= 11 is 1.19. The summed E-state index contributed by atoms with van der Waals surface area (Å²) in [6.45, 7) is 1.89. The second-order valence-corrected chi connectivity index (χ2v) is 4.33. The first-order valence-electron chi connectivity index (χ1n) is 4.80. The first-order chi connectivity index (χ1) is 8.16. The van der Waals surface area contributed by atoms with Gasteiger partial charge in [-0.3, -0.25) is 4.98 Å². The summed E-state index contributed by atoms with van der Waals surface area (Å²) in [5, 5.41) is 9.51. The molecule has 5 nitrogen and oxygen atoms in total. The Morgan fingerprint density at radius 3 is 2.65 bits per heavy atom. The summed E-state index contributed by atoms with van der Waals surface area (Å²) in [7, 11) is 0. The van der Waals surface area contributed by atoms with Crippen molar-refractivity contribution < 1.29 is 9.90 Å². The number of aromatic nitrogens is 3. The molecule has 0 amide bonds. The number of hydrogen-bond acceptors (Lipinski definition) is 5. The fraction of sp³-hybridized carbons (Fsp3) is 0.0909. The Labute approximate surface area is 102 Å². The number of nitrogens with zero attached hydrogens (tertiary/aromatic N) is 3. The fourth-order valence-corrected chi connectivity index (χ4v) is 1.96. The highest BCUT2D eigenvalue weighted by Crippen LogP contribution is 2.26. The number of rotatable bonds is 3. The van der Waals surface area contributed by atoms with Crippen LogP contribution in [0.5, 0.6) is 0 Å². The number of carboxylic acid groups (broad SMARTS) is 1. The molecule has 0 spiro atoms. The highest BCUT2D eigenvalue weighted by atomic mass is 32.2. The molecule has 17 heavy (non-hydrogen) atoms. The van der Waals surface area contributed by atoms with Gasteiger partial charge < -0.3 is 5.11 Å². The molecule has 0 aliphatic carbocycles. The van der Waals surface area contributed by atoms with Gasteiger partial charge in [0.2, 0.25) is 0 Å². The van der Waals surface area contributed by atoms with Crippen molar-refractivity contribution in [1.29, 1.82) is 0 Å². The van der Waals surface area contributed by atoms with Gasteiger partial charge in [0.15, 0.2) is 5.16 Å². The molecule has 0 atom stereocenters. The molecule has 0 saturated heterocycles. The number of aryl methyl sites for hydroxylation is 1. The third-order valence-corrected chi connectivity index (χ3v) is 2.91. The molecule has 1 N–H and O–H groups in total. The maximum absolute atomic E-state index is 11.0. The first kappa shape index (κ1) is 11.5. The molecule has 2 aromatic heterocycles. The summed E-state index contributed by atoms with van der Waals surface area (Å²) in [5.74, 6) is -0.984. The normalized spacial score (nSPS) is 10.2. The Hall–Kier alpha value is -1.95. The molecule has 0 unspecified atom stereocenters. The highest BCUT2D eigenvalue weighted by Gasteiger charge is 2.11. The molecule has 0 saturated carbocycles. The number of carbonyl (C=O) groups is 1. The molecule has 0 bridgehead atoms. The van der Waals surface area contributed by atoms with Gasteiger partial charge in [-0.25, -0.2) is 14.8 Å². The Bertz CT molecular complexity index is 543.